The fourth-order valence-electron chi connectivity index (χ4n) is 11.6. The molecule has 52 heavy (non-hydrogen) atoms. The fraction of sp³-hybridized carbons (Fsp3) is 0.458. The maximum atomic E-state index is 5.26. The Kier molecular flexibility index (Phi) is 7.77. The normalized spacial score (nSPS) is 28.0. The van der Waals surface area contributed by atoms with E-state index in [1.807, 2.05) is 0 Å². The number of hydrogen-bond donors (Lipinski definition) is 2. The van der Waals surface area contributed by atoms with Crippen molar-refractivity contribution in [3.63, 3.8) is 0 Å². The van der Waals surface area contributed by atoms with Gasteiger partial charge in [-0.15, -0.1) is 0 Å². The first-order chi connectivity index (χ1) is 25.7. The maximum absolute atomic E-state index is 5.26. The van der Waals surface area contributed by atoms with E-state index in [0.29, 0.717) is 18.0 Å². The van der Waals surface area contributed by atoms with Crippen molar-refractivity contribution in [2.75, 3.05) is 0 Å². The molecule has 9 aliphatic rings. The van der Waals surface area contributed by atoms with Crippen LogP contribution in [-0.2, 0) is 32.1 Å². The van der Waals surface area contributed by atoms with Crippen LogP contribution in [0.2, 0.25) is 0 Å². The van der Waals surface area contributed by atoms with Crippen LogP contribution < -0.4 is 5.32 Å². The third kappa shape index (κ3) is 5.68. The summed E-state index contributed by atoms with van der Waals surface area (Å²) in [5.41, 5.74) is 17.6. The highest BCUT2D eigenvalue weighted by Crippen LogP contribution is 2.48. The first-order valence-electron chi connectivity index (χ1n) is 20.9. The van der Waals surface area contributed by atoms with Crippen LogP contribution in [0.1, 0.15) is 110 Å². The van der Waals surface area contributed by atoms with Crippen LogP contribution >= 0.6 is 0 Å². The summed E-state index contributed by atoms with van der Waals surface area (Å²) >= 11 is 0. The molecule has 0 amide bonds. The smallest absolute Gasteiger partial charge is 0.124 e. The van der Waals surface area contributed by atoms with Gasteiger partial charge in [0.1, 0.15) is 5.82 Å². The van der Waals surface area contributed by atoms with E-state index in [-0.39, 0.29) is 0 Å². The van der Waals surface area contributed by atoms with Crippen LogP contribution in [0.3, 0.4) is 0 Å². The summed E-state index contributed by atoms with van der Waals surface area (Å²) in [6.07, 6.45) is 20.4. The maximum Gasteiger partial charge on any atom is 0.124 e. The number of rotatable bonds is 4. The van der Waals surface area contributed by atoms with Crippen LogP contribution in [0.25, 0.3) is 33.3 Å². The van der Waals surface area contributed by atoms with Crippen molar-refractivity contribution in [2.24, 2.45) is 28.7 Å². The minimum absolute atomic E-state index is 0.355. The number of hydrogen-bond acceptors (Lipinski definition) is 3. The van der Waals surface area contributed by atoms with Gasteiger partial charge in [0, 0.05) is 18.2 Å². The van der Waals surface area contributed by atoms with Crippen molar-refractivity contribution in [3.8, 4) is 22.3 Å². The number of aromatic amines is 1. The lowest BCUT2D eigenvalue weighted by Crippen LogP contribution is -2.30. The quantitative estimate of drug-likeness (QED) is 0.198. The van der Waals surface area contributed by atoms with Crippen molar-refractivity contribution >= 4 is 22.4 Å². The third-order valence-electron chi connectivity index (χ3n) is 14.5. The number of fused-ring (bicyclic) bond motifs is 4. The Balaban J connectivity index is 0.839. The molecule has 4 fully saturated rings. The molecule has 7 aliphatic carbocycles. The van der Waals surface area contributed by atoms with Crippen molar-refractivity contribution in [3.05, 3.63) is 106 Å². The van der Waals surface area contributed by atoms with Crippen LogP contribution in [-0.4, -0.2) is 21.7 Å². The predicted molar refractivity (Wildman–Crippen MR) is 213 cm³/mol. The van der Waals surface area contributed by atoms with Gasteiger partial charge < -0.3 is 10.3 Å². The van der Waals surface area contributed by atoms with E-state index in [0.717, 1.165) is 66.7 Å². The molecule has 14 rings (SSSR count). The number of aryl methyl sites for hydroxylation is 4. The van der Waals surface area contributed by atoms with Crippen LogP contribution in [0.15, 0.2) is 77.8 Å². The van der Waals surface area contributed by atoms with Gasteiger partial charge in [-0.05, 0) is 156 Å². The summed E-state index contributed by atoms with van der Waals surface area (Å²) in [6, 6.07) is 29.7. The van der Waals surface area contributed by atoms with Gasteiger partial charge in [-0.3, -0.25) is 4.99 Å². The number of nitrogens with zero attached hydrogens (tertiary/aromatic N) is 2. The highest BCUT2D eigenvalue weighted by Gasteiger charge is 2.39. The number of aromatic nitrogens is 2. The molecular formula is C48H52N4. The van der Waals surface area contributed by atoms with E-state index in [1.165, 1.54) is 132 Å². The molecule has 264 valence electrons. The average Bonchev–Trinajstić information content (AvgIpc) is 3.98. The molecule has 0 spiro atoms. The van der Waals surface area contributed by atoms with Gasteiger partial charge in [-0.25, -0.2) is 4.98 Å². The molecule has 2 N–H and O–H groups in total. The van der Waals surface area contributed by atoms with E-state index in [4.69, 9.17) is 9.98 Å². The molecule has 3 heterocycles. The van der Waals surface area contributed by atoms with E-state index < -0.39 is 0 Å². The first kappa shape index (κ1) is 31.5. The monoisotopic (exact) mass is 684 g/mol. The Morgan fingerprint density at radius 3 is 1.98 bits per heavy atom. The molecule has 5 aromatic rings. The highest BCUT2D eigenvalue weighted by molar-refractivity contribution is 5.96. The molecule has 2 aliphatic heterocycles. The standard InChI is InChI=1S/C48H52N4/c1-2-6-34-24-38(23-33(34)5-1)45-28-39-25-35(17-19-43(39)49-45)40-21-29-9-13-31(40)14-10-30-12-16-32(15-11-29)41(22-30)36-18-20-44-46(26-36)52-48(51-44)47-27-37-7-3-4-8-42(37)50-47/h9,12-13,16-22,25-26,33-34,37-38,42,47,50H,1-8,10-11,14-15,23-24,27-28H2,(H,51,52)/t33-,34+,37-,38?,42-,47-/m0/s1. The minimum Gasteiger partial charge on any atom is -0.341 e. The Morgan fingerprint density at radius 1 is 0.577 bits per heavy atom. The van der Waals surface area contributed by atoms with E-state index >= 15 is 0 Å². The van der Waals surface area contributed by atoms with Gasteiger partial charge >= 0.3 is 0 Å². The molecule has 0 radical (unpaired) electrons. The van der Waals surface area contributed by atoms with Gasteiger partial charge in [0.15, 0.2) is 0 Å². The lowest BCUT2D eigenvalue weighted by molar-refractivity contribution is 0.277. The lowest BCUT2D eigenvalue weighted by atomic mass is 9.82. The van der Waals surface area contributed by atoms with Crippen molar-refractivity contribution < 1.29 is 0 Å². The summed E-state index contributed by atoms with van der Waals surface area (Å²) in [5.74, 6) is 4.57. The molecule has 1 unspecified atom stereocenters. The Labute approximate surface area is 309 Å². The molecule has 4 nitrogen and oxygen atoms in total. The van der Waals surface area contributed by atoms with Gasteiger partial charge in [-0.2, -0.15) is 0 Å². The largest absolute Gasteiger partial charge is 0.341 e. The van der Waals surface area contributed by atoms with Crippen molar-refractivity contribution in [1.82, 2.24) is 15.3 Å². The number of imidazole rings is 1. The van der Waals surface area contributed by atoms with Gasteiger partial charge in [-0.1, -0.05) is 87.1 Å². The zero-order chi connectivity index (χ0) is 34.2. The molecule has 4 heteroatoms. The fourth-order valence-corrected chi connectivity index (χ4v) is 11.6. The number of H-pyrrole nitrogens is 1. The van der Waals surface area contributed by atoms with Crippen molar-refractivity contribution in [1.29, 1.82) is 0 Å². The van der Waals surface area contributed by atoms with E-state index in [2.05, 4.69) is 83.1 Å². The predicted octanol–water partition coefficient (Wildman–Crippen LogP) is 11.2. The minimum atomic E-state index is 0.355. The van der Waals surface area contributed by atoms with Gasteiger partial charge in [0.2, 0.25) is 0 Å². The van der Waals surface area contributed by atoms with Gasteiger partial charge in [0.05, 0.1) is 22.8 Å². The van der Waals surface area contributed by atoms with Crippen LogP contribution in [0.4, 0.5) is 5.69 Å². The van der Waals surface area contributed by atoms with E-state index in [1.54, 1.807) is 0 Å². The van der Waals surface area contributed by atoms with Gasteiger partial charge in [0.25, 0.3) is 0 Å². The number of benzene rings is 4. The molecule has 4 bridgehead atoms. The molecule has 3 saturated carbocycles. The molecule has 4 aromatic carbocycles. The third-order valence-corrected chi connectivity index (χ3v) is 14.5. The Morgan fingerprint density at radius 2 is 1.25 bits per heavy atom. The van der Waals surface area contributed by atoms with Crippen molar-refractivity contribution in [2.45, 2.75) is 115 Å². The lowest BCUT2D eigenvalue weighted by Gasteiger charge is -2.24. The first-order valence-corrected chi connectivity index (χ1v) is 20.9. The summed E-state index contributed by atoms with van der Waals surface area (Å²) < 4.78 is 0. The topological polar surface area (TPSA) is 53.1 Å². The molecule has 6 atom stereocenters. The zero-order valence-corrected chi connectivity index (χ0v) is 30.6. The summed E-state index contributed by atoms with van der Waals surface area (Å²) in [5, 5.41) is 3.93. The average molecular weight is 685 g/mol. The molecule has 1 saturated heterocycles. The SMILES string of the molecule is c1cc2c(-c3ccc4c(c3)CC(C3C[C@H]5CCCC[C@H]5C3)=N4)cc1CCc1ccc(cc1-c1ccc3nc([C@@H]4C[C@@H]5CCCC[C@@H]5N4)[nH]c3c1)CC2. The highest BCUT2D eigenvalue weighted by atomic mass is 15.1. The second-order valence-electron chi connectivity index (χ2n) is 17.5. The summed E-state index contributed by atoms with van der Waals surface area (Å²) in [7, 11) is 0. The number of nitrogens with one attached hydrogen (secondary N) is 2. The van der Waals surface area contributed by atoms with E-state index in [9.17, 15) is 0 Å². The second kappa shape index (κ2) is 12.8. The Hall–Kier alpha value is -4.02. The van der Waals surface area contributed by atoms with Crippen LogP contribution in [0, 0.1) is 23.7 Å². The Bertz CT molecular complexity index is 2180. The second-order valence-corrected chi connectivity index (χ2v) is 17.5. The zero-order valence-electron chi connectivity index (χ0n) is 30.6. The number of aliphatic imine (C=N–C) groups is 1. The summed E-state index contributed by atoms with van der Waals surface area (Å²) in [4.78, 5) is 14.1. The molecular weight excluding hydrogens is 633 g/mol. The summed E-state index contributed by atoms with van der Waals surface area (Å²) in [6.45, 7) is 0. The van der Waals surface area contributed by atoms with Crippen LogP contribution in [0.5, 0.6) is 0 Å². The molecule has 1 aromatic heterocycles.